The largest absolute Gasteiger partial charge is 0.368 e. The second kappa shape index (κ2) is 4.93. The van der Waals surface area contributed by atoms with Crippen molar-refractivity contribution in [3.8, 4) is 0 Å². The van der Waals surface area contributed by atoms with Crippen molar-refractivity contribution in [2.75, 3.05) is 11.9 Å². The lowest BCUT2D eigenvalue weighted by atomic mass is 10.0. The highest BCUT2D eigenvalue weighted by Gasteiger charge is 2.30. The molecule has 2 atom stereocenters. The molecule has 1 N–H and O–H groups in total. The molecule has 1 aromatic heterocycles. The molecule has 16 heavy (non-hydrogen) atoms. The van der Waals surface area contributed by atoms with Crippen molar-refractivity contribution in [1.29, 1.82) is 0 Å². The molecular formula is C11H13BrN2O2. The minimum atomic E-state index is -0.330. The molecular weight excluding hydrogens is 272 g/mol. The molecule has 0 aromatic carbocycles. The first-order valence-electron chi connectivity index (χ1n) is 5.21. The van der Waals surface area contributed by atoms with E-state index in [4.69, 9.17) is 4.74 Å². The fourth-order valence-corrected chi connectivity index (χ4v) is 1.93. The number of carbonyl (C=O) groups excluding carboxylic acids is 1. The zero-order chi connectivity index (χ0) is 11.5. The second-order valence-corrected chi connectivity index (χ2v) is 4.73. The molecule has 0 saturated carbocycles. The summed E-state index contributed by atoms with van der Waals surface area (Å²) in [6.07, 6.45) is 2.22. The molecule has 2 rings (SSSR count). The third kappa shape index (κ3) is 2.59. The van der Waals surface area contributed by atoms with Crippen LogP contribution in [0.15, 0.2) is 22.9 Å². The molecule has 4 nitrogen and oxygen atoms in total. The van der Waals surface area contributed by atoms with Crippen LogP contribution in [-0.2, 0) is 9.53 Å². The Labute approximate surface area is 103 Å². The van der Waals surface area contributed by atoms with Gasteiger partial charge in [0.15, 0.2) is 0 Å². The van der Waals surface area contributed by atoms with Crippen LogP contribution in [0.25, 0.3) is 0 Å². The summed E-state index contributed by atoms with van der Waals surface area (Å²) in [5.74, 6) is 0.192. The molecule has 2 heterocycles. The van der Waals surface area contributed by atoms with Crippen molar-refractivity contribution in [3.63, 3.8) is 0 Å². The van der Waals surface area contributed by atoms with Gasteiger partial charge in [-0.3, -0.25) is 4.79 Å². The second-order valence-electron chi connectivity index (χ2n) is 3.92. The molecule has 86 valence electrons. The van der Waals surface area contributed by atoms with Crippen molar-refractivity contribution in [2.45, 2.75) is 19.4 Å². The predicted octanol–water partition coefficient (Wildman–Crippen LogP) is 2.21. The Kier molecular flexibility index (Phi) is 3.56. The average molecular weight is 285 g/mol. The van der Waals surface area contributed by atoms with Crippen LogP contribution in [0.4, 0.5) is 5.69 Å². The average Bonchev–Trinajstić information content (AvgIpc) is 2.68. The maximum Gasteiger partial charge on any atom is 0.253 e. The first-order chi connectivity index (χ1) is 7.66. The third-order valence-electron chi connectivity index (χ3n) is 2.64. The number of rotatable bonds is 2. The number of halogens is 1. The molecule has 0 bridgehead atoms. The summed E-state index contributed by atoms with van der Waals surface area (Å²) in [5.41, 5.74) is 0.691. The van der Waals surface area contributed by atoms with Crippen molar-refractivity contribution >= 4 is 27.5 Å². The summed E-state index contributed by atoms with van der Waals surface area (Å²) in [4.78, 5) is 15.9. The number of aromatic nitrogens is 1. The van der Waals surface area contributed by atoms with E-state index in [2.05, 4.69) is 26.2 Å². The summed E-state index contributed by atoms with van der Waals surface area (Å²) in [6, 6.07) is 3.59. The highest BCUT2D eigenvalue weighted by atomic mass is 79.9. The molecule has 0 radical (unpaired) electrons. The van der Waals surface area contributed by atoms with Gasteiger partial charge in [0.05, 0.1) is 11.9 Å². The van der Waals surface area contributed by atoms with Gasteiger partial charge in [-0.25, -0.2) is 4.98 Å². The highest BCUT2D eigenvalue weighted by Crippen LogP contribution is 2.21. The van der Waals surface area contributed by atoms with Gasteiger partial charge in [0.2, 0.25) is 0 Å². The van der Waals surface area contributed by atoms with Crippen LogP contribution >= 0.6 is 15.9 Å². The maximum atomic E-state index is 11.8. The van der Waals surface area contributed by atoms with E-state index in [1.807, 2.05) is 6.92 Å². The number of anilines is 1. The molecule has 1 aliphatic rings. The van der Waals surface area contributed by atoms with E-state index in [0.717, 1.165) is 11.0 Å². The first kappa shape index (κ1) is 11.5. The van der Waals surface area contributed by atoms with Crippen molar-refractivity contribution in [3.05, 3.63) is 22.9 Å². The van der Waals surface area contributed by atoms with E-state index in [0.29, 0.717) is 12.3 Å². The number of hydrogen-bond donors (Lipinski definition) is 1. The van der Waals surface area contributed by atoms with E-state index in [9.17, 15) is 4.79 Å². The molecule has 1 saturated heterocycles. The van der Waals surface area contributed by atoms with Gasteiger partial charge in [0.1, 0.15) is 10.7 Å². The normalized spacial score (nSPS) is 24.4. The number of ether oxygens (including phenoxy) is 1. The van der Waals surface area contributed by atoms with Crippen LogP contribution in [-0.4, -0.2) is 23.6 Å². The fourth-order valence-electron chi connectivity index (χ4n) is 1.69. The lowest BCUT2D eigenvalue weighted by molar-refractivity contribution is -0.126. The van der Waals surface area contributed by atoms with Crippen molar-refractivity contribution in [2.24, 2.45) is 5.92 Å². The first-order valence-corrected chi connectivity index (χ1v) is 6.00. The summed E-state index contributed by atoms with van der Waals surface area (Å²) in [6.45, 7) is 2.69. The standard InChI is InChI=1S/C11H13BrN2O2/c1-7-4-5-16-10(7)11(15)14-8-2-3-9(12)13-6-8/h2-3,6-7,10H,4-5H2,1H3,(H,14,15). The molecule has 1 amide bonds. The molecule has 2 unspecified atom stereocenters. The Hall–Kier alpha value is -0.940. The highest BCUT2D eigenvalue weighted by molar-refractivity contribution is 9.10. The number of nitrogens with zero attached hydrogens (tertiary/aromatic N) is 1. The van der Waals surface area contributed by atoms with Gasteiger partial charge < -0.3 is 10.1 Å². The topological polar surface area (TPSA) is 51.2 Å². The zero-order valence-corrected chi connectivity index (χ0v) is 10.5. The Morgan fingerprint density at radius 1 is 1.62 bits per heavy atom. The van der Waals surface area contributed by atoms with Crippen LogP contribution in [0.5, 0.6) is 0 Å². The van der Waals surface area contributed by atoms with Gasteiger partial charge in [0.25, 0.3) is 5.91 Å². The third-order valence-corrected chi connectivity index (χ3v) is 3.11. The van der Waals surface area contributed by atoms with Crippen LogP contribution in [0, 0.1) is 5.92 Å². The zero-order valence-electron chi connectivity index (χ0n) is 8.94. The lowest BCUT2D eigenvalue weighted by Crippen LogP contribution is -2.31. The van der Waals surface area contributed by atoms with Crippen LogP contribution in [0.3, 0.4) is 0 Å². The van der Waals surface area contributed by atoms with Crippen LogP contribution in [0.2, 0.25) is 0 Å². The van der Waals surface area contributed by atoms with E-state index in [1.165, 1.54) is 0 Å². The predicted molar refractivity (Wildman–Crippen MR) is 64.1 cm³/mol. The number of amides is 1. The minimum absolute atomic E-state index is 0.0888. The van der Waals surface area contributed by atoms with Gasteiger partial charge in [0, 0.05) is 6.61 Å². The Morgan fingerprint density at radius 3 is 3.00 bits per heavy atom. The molecule has 1 aromatic rings. The summed E-state index contributed by atoms with van der Waals surface area (Å²) in [7, 11) is 0. The van der Waals surface area contributed by atoms with E-state index in [-0.39, 0.29) is 17.9 Å². The number of carbonyl (C=O) groups is 1. The summed E-state index contributed by atoms with van der Waals surface area (Å²) >= 11 is 3.24. The monoisotopic (exact) mass is 284 g/mol. The van der Waals surface area contributed by atoms with Crippen molar-refractivity contribution in [1.82, 2.24) is 4.98 Å². The fraction of sp³-hybridized carbons (Fsp3) is 0.455. The quantitative estimate of drug-likeness (QED) is 0.848. The molecule has 0 spiro atoms. The van der Waals surface area contributed by atoms with E-state index < -0.39 is 0 Å². The van der Waals surface area contributed by atoms with Crippen molar-refractivity contribution < 1.29 is 9.53 Å². The van der Waals surface area contributed by atoms with Gasteiger partial charge in [-0.05, 0) is 40.4 Å². The molecule has 1 aliphatic heterocycles. The van der Waals surface area contributed by atoms with E-state index in [1.54, 1.807) is 18.3 Å². The Balaban J connectivity index is 1.99. The lowest BCUT2D eigenvalue weighted by Gasteiger charge is -2.14. The van der Waals surface area contributed by atoms with Gasteiger partial charge in [-0.2, -0.15) is 0 Å². The van der Waals surface area contributed by atoms with Gasteiger partial charge >= 0.3 is 0 Å². The molecule has 0 aliphatic carbocycles. The summed E-state index contributed by atoms with van der Waals surface area (Å²) < 4.78 is 6.13. The number of hydrogen-bond acceptors (Lipinski definition) is 3. The molecule has 5 heteroatoms. The van der Waals surface area contributed by atoms with Crippen LogP contribution in [0.1, 0.15) is 13.3 Å². The SMILES string of the molecule is CC1CCOC1C(=O)Nc1ccc(Br)nc1. The summed E-state index contributed by atoms with van der Waals surface area (Å²) in [5, 5.41) is 2.79. The Morgan fingerprint density at radius 2 is 2.44 bits per heavy atom. The smallest absolute Gasteiger partial charge is 0.253 e. The molecule has 1 fully saturated rings. The van der Waals surface area contributed by atoms with Gasteiger partial charge in [-0.15, -0.1) is 0 Å². The maximum absolute atomic E-state index is 11.8. The minimum Gasteiger partial charge on any atom is -0.368 e. The number of pyridine rings is 1. The Bertz CT molecular complexity index is 380. The van der Waals surface area contributed by atoms with Gasteiger partial charge in [-0.1, -0.05) is 6.92 Å². The van der Waals surface area contributed by atoms with E-state index >= 15 is 0 Å². The van der Waals surface area contributed by atoms with Crippen LogP contribution < -0.4 is 5.32 Å². The number of nitrogens with one attached hydrogen (secondary N) is 1.